The molecule has 1 aliphatic rings. The van der Waals surface area contributed by atoms with Crippen molar-refractivity contribution in [2.24, 2.45) is 0 Å². The molecule has 2 aromatic rings. The minimum absolute atomic E-state index is 0.329. The zero-order valence-electron chi connectivity index (χ0n) is 13.2. The van der Waals surface area contributed by atoms with Gasteiger partial charge >= 0.3 is 7.12 Å². The molecule has 0 atom stereocenters. The Morgan fingerprint density at radius 2 is 1.71 bits per heavy atom. The largest absolute Gasteiger partial charge is 0.494 e. The Balaban J connectivity index is 1.91. The summed E-state index contributed by atoms with van der Waals surface area (Å²) in [6, 6.07) is 7.99. The molecule has 0 saturated carbocycles. The number of furan rings is 1. The molecule has 0 bridgehead atoms. The summed E-state index contributed by atoms with van der Waals surface area (Å²) in [5.41, 5.74) is 1.20. The minimum atomic E-state index is -0.347. The molecule has 5 heteroatoms. The molecular formula is C16H21BO4. The van der Waals surface area contributed by atoms with Gasteiger partial charge in [0.25, 0.3) is 0 Å². The normalized spacial score (nSPS) is 20.3. The van der Waals surface area contributed by atoms with E-state index in [1.807, 2.05) is 18.2 Å². The first-order chi connectivity index (χ1) is 9.82. The van der Waals surface area contributed by atoms with Crippen molar-refractivity contribution in [2.75, 3.05) is 7.11 Å². The summed E-state index contributed by atoms with van der Waals surface area (Å²) >= 11 is 0. The Bertz CT molecular complexity index is 643. The number of rotatable bonds is 3. The predicted molar refractivity (Wildman–Crippen MR) is 82.6 cm³/mol. The van der Waals surface area contributed by atoms with Gasteiger partial charge in [-0.15, -0.1) is 0 Å². The van der Waals surface area contributed by atoms with Gasteiger partial charge in [0.15, 0.2) is 0 Å². The molecular weight excluding hydrogens is 267 g/mol. The number of hydrogen-bond acceptors (Lipinski definition) is 4. The van der Waals surface area contributed by atoms with Crippen LogP contribution in [0.1, 0.15) is 33.5 Å². The molecule has 1 fully saturated rings. The van der Waals surface area contributed by atoms with Crippen molar-refractivity contribution in [1.82, 2.24) is 0 Å². The molecule has 1 aromatic heterocycles. The van der Waals surface area contributed by atoms with Crippen LogP contribution in [0, 0.1) is 0 Å². The molecule has 1 saturated heterocycles. The first-order valence-corrected chi connectivity index (χ1v) is 7.19. The molecule has 3 rings (SSSR count). The lowest BCUT2D eigenvalue weighted by Gasteiger charge is -2.32. The second-order valence-corrected chi connectivity index (χ2v) is 6.53. The number of ether oxygens (including phenoxy) is 1. The van der Waals surface area contributed by atoms with Gasteiger partial charge < -0.3 is 18.5 Å². The molecule has 2 heterocycles. The maximum absolute atomic E-state index is 6.08. The SMILES string of the molecule is COCc1cc2cc(B3OC(C)(C)C(C)(C)O3)ccc2o1. The van der Waals surface area contributed by atoms with Crippen LogP contribution in [0.25, 0.3) is 11.0 Å². The predicted octanol–water partition coefficient (Wildman–Crippen LogP) is 2.88. The van der Waals surface area contributed by atoms with Crippen molar-refractivity contribution < 1.29 is 18.5 Å². The van der Waals surface area contributed by atoms with E-state index >= 15 is 0 Å². The highest BCUT2D eigenvalue weighted by atomic mass is 16.7. The molecule has 0 N–H and O–H groups in total. The number of methoxy groups -OCH3 is 1. The fourth-order valence-corrected chi connectivity index (χ4v) is 2.46. The third-order valence-electron chi connectivity index (χ3n) is 4.40. The minimum Gasteiger partial charge on any atom is -0.459 e. The van der Waals surface area contributed by atoms with E-state index in [-0.39, 0.29) is 18.3 Å². The van der Waals surface area contributed by atoms with Gasteiger partial charge in [-0.05, 0) is 45.3 Å². The third-order valence-corrected chi connectivity index (χ3v) is 4.40. The number of hydrogen-bond donors (Lipinski definition) is 0. The van der Waals surface area contributed by atoms with E-state index in [0.29, 0.717) is 6.61 Å². The summed E-state index contributed by atoms with van der Waals surface area (Å²) in [6.45, 7) is 8.70. The molecule has 0 amide bonds. The summed E-state index contributed by atoms with van der Waals surface area (Å²) in [5, 5.41) is 1.04. The summed E-state index contributed by atoms with van der Waals surface area (Å²) in [7, 11) is 1.31. The second-order valence-electron chi connectivity index (χ2n) is 6.53. The quantitative estimate of drug-likeness (QED) is 0.814. The first kappa shape index (κ1) is 14.6. The average Bonchev–Trinajstić information content (AvgIpc) is 2.87. The summed E-state index contributed by atoms with van der Waals surface area (Å²) in [4.78, 5) is 0. The molecule has 0 spiro atoms. The van der Waals surface area contributed by atoms with Crippen molar-refractivity contribution >= 4 is 23.6 Å². The topological polar surface area (TPSA) is 40.8 Å². The van der Waals surface area contributed by atoms with Gasteiger partial charge in [0.05, 0.1) is 11.2 Å². The molecule has 4 nitrogen and oxygen atoms in total. The van der Waals surface area contributed by atoms with Crippen molar-refractivity contribution in [3.8, 4) is 0 Å². The van der Waals surface area contributed by atoms with E-state index in [4.69, 9.17) is 18.5 Å². The van der Waals surface area contributed by atoms with Crippen molar-refractivity contribution in [1.29, 1.82) is 0 Å². The maximum Gasteiger partial charge on any atom is 0.494 e. The standard InChI is InChI=1S/C16H21BO4/c1-15(2)16(3,4)21-17(20-15)12-6-7-14-11(8-12)9-13(19-14)10-18-5/h6-9H,10H2,1-5H3. The van der Waals surface area contributed by atoms with Crippen LogP contribution in [0.3, 0.4) is 0 Å². The van der Waals surface area contributed by atoms with Crippen LogP contribution in [0.4, 0.5) is 0 Å². The van der Waals surface area contributed by atoms with E-state index in [1.54, 1.807) is 7.11 Å². The summed E-state index contributed by atoms with van der Waals surface area (Å²) < 4.78 is 23.0. The fraction of sp³-hybridized carbons (Fsp3) is 0.500. The highest BCUT2D eigenvalue weighted by molar-refractivity contribution is 6.62. The van der Waals surface area contributed by atoms with Crippen molar-refractivity contribution in [3.63, 3.8) is 0 Å². The summed E-state index contributed by atoms with van der Waals surface area (Å²) in [5.74, 6) is 0.818. The van der Waals surface area contributed by atoms with Gasteiger partial charge in [-0.3, -0.25) is 0 Å². The second kappa shape index (κ2) is 4.87. The summed E-state index contributed by atoms with van der Waals surface area (Å²) in [6.07, 6.45) is 0. The van der Waals surface area contributed by atoms with Crippen LogP contribution in [-0.4, -0.2) is 25.4 Å². The smallest absolute Gasteiger partial charge is 0.459 e. The average molecular weight is 288 g/mol. The highest BCUT2D eigenvalue weighted by Crippen LogP contribution is 2.36. The van der Waals surface area contributed by atoms with Gasteiger partial charge in [-0.1, -0.05) is 12.1 Å². The number of fused-ring (bicyclic) bond motifs is 1. The Morgan fingerprint density at radius 1 is 1.05 bits per heavy atom. The van der Waals surface area contributed by atoms with Crippen molar-refractivity contribution in [3.05, 3.63) is 30.0 Å². The zero-order valence-corrected chi connectivity index (χ0v) is 13.2. The first-order valence-electron chi connectivity index (χ1n) is 7.19. The molecule has 0 radical (unpaired) electrons. The molecule has 1 aromatic carbocycles. The van der Waals surface area contributed by atoms with Gasteiger partial charge in [0, 0.05) is 12.5 Å². The van der Waals surface area contributed by atoms with Crippen LogP contribution < -0.4 is 5.46 Å². The fourth-order valence-electron chi connectivity index (χ4n) is 2.46. The van der Waals surface area contributed by atoms with E-state index in [2.05, 4.69) is 33.8 Å². The van der Waals surface area contributed by atoms with E-state index < -0.39 is 0 Å². The maximum atomic E-state index is 6.08. The van der Waals surface area contributed by atoms with E-state index in [9.17, 15) is 0 Å². The molecule has 0 unspecified atom stereocenters. The number of benzene rings is 1. The van der Waals surface area contributed by atoms with Gasteiger partial charge in [0.1, 0.15) is 18.0 Å². The monoisotopic (exact) mass is 288 g/mol. The van der Waals surface area contributed by atoms with Crippen molar-refractivity contribution in [2.45, 2.75) is 45.5 Å². The lowest BCUT2D eigenvalue weighted by Crippen LogP contribution is -2.41. The molecule has 1 aliphatic heterocycles. The van der Waals surface area contributed by atoms with Gasteiger partial charge in [0.2, 0.25) is 0 Å². The van der Waals surface area contributed by atoms with Crippen LogP contribution in [0.2, 0.25) is 0 Å². The molecule has 0 aliphatic carbocycles. The van der Waals surface area contributed by atoms with Gasteiger partial charge in [-0.25, -0.2) is 0 Å². The lowest BCUT2D eigenvalue weighted by atomic mass is 9.79. The molecule has 21 heavy (non-hydrogen) atoms. The van der Waals surface area contributed by atoms with Crippen LogP contribution in [-0.2, 0) is 20.7 Å². The zero-order chi connectivity index (χ0) is 15.3. The van der Waals surface area contributed by atoms with Crippen LogP contribution in [0.5, 0.6) is 0 Å². The lowest BCUT2D eigenvalue weighted by molar-refractivity contribution is 0.00578. The Labute approximate surface area is 125 Å². The Hall–Kier alpha value is -1.30. The van der Waals surface area contributed by atoms with E-state index in [1.165, 1.54) is 0 Å². The van der Waals surface area contributed by atoms with Crippen LogP contribution in [0.15, 0.2) is 28.7 Å². The van der Waals surface area contributed by atoms with E-state index in [0.717, 1.165) is 22.2 Å². The third kappa shape index (κ3) is 2.50. The Kier molecular flexibility index (Phi) is 3.39. The van der Waals surface area contributed by atoms with Crippen LogP contribution >= 0.6 is 0 Å². The van der Waals surface area contributed by atoms with Gasteiger partial charge in [-0.2, -0.15) is 0 Å². The Morgan fingerprint density at radius 3 is 2.33 bits per heavy atom. The highest BCUT2D eigenvalue weighted by Gasteiger charge is 2.51. The molecule has 112 valence electrons.